The Labute approximate surface area is 56.2 Å². The van der Waals surface area contributed by atoms with Crippen molar-refractivity contribution in [3.63, 3.8) is 0 Å². The summed E-state index contributed by atoms with van der Waals surface area (Å²) in [7, 11) is 3.66. The summed E-state index contributed by atoms with van der Waals surface area (Å²) in [6.45, 7) is 2.29. The van der Waals surface area contributed by atoms with Gasteiger partial charge in [-0.15, -0.1) is 0 Å². The van der Waals surface area contributed by atoms with E-state index in [0.717, 1.165) is 0 Å². The predicted octanol–water partition coefficient (Wildman–Crippen LogP) is 0.341. The van der Waals surface area contributed by atoms with Crippen LogP contribution in [0.2, 0.25) is 0 Å². The molecule has 0 aliphatic rings. The lowest BCUT2D eigenvalue weighted by Crippen LogP contribution is -2.33. The third-order valence-corrected chi connectivity index (χ3v) is 1.08. The first-order valence-corrected chi connectivity index (χ1v) is 3.08. The Kier molecular flexibility index (Phi) is 4.67. The van der Waals surface area contributed by atoms with Crippen molar-refractivity contribution >= 4 is 0 Å². The predicted molar refractivity (Wildman–Crippen MR) is 34.7 cm³/mol. The molecule has 0 rings (SSSR count). The molecular weight excluding hydrogens is 118 g/mol. The van der Waals surface area contributed by atoms with Crippen LogP contribution in [0.25, 0.3) is 0 Å². The fraction of sp³-hybridized carbons (Fsp3) is 1.00. The van der Waals surface area contributed by atoms with Gasteiger partial charge in [-0.05, 0) is 21.0 Å². The molecule has 0 aliphatic carbocycles. The zero-order chi connectivity index (χ0) is 7.28. The van der Waals surface area contributed by atoms with E-state index in [4.69, 9.17) is 4.74 Å². The van der Waals surface area contributed by atoms with E-state index in [2.05, 4.69) is 0 Å². The van der Waals surface area contributed by atoms with E-state index in [9.17, 15) is 5.11 Å². The molecule has 3 nitrogen and oxygen atoms in total. The Morgan fingerprint density at radius 1 is 1.56 bits per heavy atom. The number of hydrogen-bond acceptors (Lipinski definition) is 2. The van der Waals surface area contributed by atoms with Gasteiger partial charge in [-0.25, -0.2) is 5.11 Å². The van der Waals surface area contributed by atoms with Crippen molar-refractivity contribution in [3.8, 4) is 0 Å². The van der Waals surface area contributed by atoms with E-state index in [1.54, 1.807) is 4.90 Å². The molecule has 0 aliphatic heterocycles. The molecule has 0 N–H and O–H groups in total. The molecule has 0 bridgehead atoms. The fourth-order valence-corrected chi connectivity index (χ4v) is 0.539. The highest BCUT2D eigenvalue weighted by Gasteiger charge is 2.08. The molecule has 9 heavy (non-hydrogen) atoms. The SMILES string of the molecule is CCOC(C[O])N(C)C. The summed E-state index contributed by atoms with van der Waals surface area (Å²) in [5.74, 6) is 0. The lowest BCUT2D eigenvalue weighted by Gasteiger charge is -2.20. The summed E-state index contributed by atoms with van der Waals surface area (Å²) in [4.78, 5) is 1.77. The lowest BCUT2D eigenvalue weighted by molar-refractivity contribution is -0.0772. The lowest BCUT2D eigenvalue weighted by atomic mass is 10.5. The largest absolute Gasteiger partial charge is 0.361 e. The second kappa shape index (κ2) is 4.73. The number of likely N-dealkylation sites (N-methyl/N-ethyl adjacent to an activating group) is 1. The Bertz CT molecular complexity index is 66.1. The molecule has 0 saturated carbocycles. The van der Waals surface area contributed by atoms with E-state index in [0.29, 0.717) is 6.61 Å². The third kappa shape index (κ3) is 3.46. The second-order valence-electron chi connectivity index (χ2n) is 2.04. The molecule has 1 atom stereocenters. The monoisotopic (exact) mass is 132 g/mol. The molecule has 55 valence electrons. The van der Waals surface area contributed by atoms with Gasteiger partial charge in [0.2, 0.25) is 0 Å². The van der Waals surface area contributed by atoms with Gasteiger partial charge in [-0.3, -0.25) is 4.90 Å². The van der Waals surface area contributed by atoms with Gasteiger partial charge in [0.25, 0.3) is 0 Å². The van der Waals surface area contributed by atoms with Crippen LogP contribution in [-0.2, 0) is 9.84 Å². The van der Waals surface area contributed by atoms with Crippen LogP contribution >= 0.6 is 0 Å². The number of ether oxygens (including phenoxy) is 1. The average molecular weight is 132 g/mol. The highest BCUT2D eigenvalue weighted by atomic mass is 16.5. The van der Waals surface area contributed by atoms with Crippen LogP contribution in [-0.4, -0.2) is 38.4 Å². The van der Waals surface area contributed by atoms with Crippen LogP contribution < -0.4 is 0 Å². The Morgan fingerprint density at radius 2 is 2.11 bits per heavy atom. The van der Waals surface area contributed by atoms with Crippen LogP contribution in [0.5, 0.6) is 0 Å². The van der Waals surface area contributed by atoms with E-state index in [1.807, 2.05) is 21.0 Å². The van der Waals surface area contributed by atoms with E-state index >= 15 is 0 Å². The minimum Gasteiger partial charge on any atom is -0.361 e. The first-order valence-electron chi connectivity index (χ1n) is 3.08. The van der Waals surface area contributed by atoms with Crippen molar-refractivity contribution < 1.29 is 9.84 Å². The highest BCUT2D eigenvalue weighted by molar-refractivity contribution is 4.48. The highest BCUT2D eigenvalue weighted by Crippen LogP contribution is 1.92. The average Bonchev–Trinajstić information content (AvgIpc) is 1.82. The third-order valence-electron chi connectivity index (χ3n) is 1.08. The van der Waals surface area contributed by atoms with Crippen LogP contribution in [0.1, 0.15) is 6.92 Å². The fourth-order valence-electron chi connectivity index (χ4n) is 0.539. The number of hydrogen-bond donors (Lipinski definition) is 0. The van der Waals surface area contributed by atoms with Crippen molar-refractivity contribution in [2.24, 2.45) is 0 Å². The summed E-state index contributed by atoms with van der Waals surface area (Å²) >= 11 is 0. The van der Waals surface area contributed by atoms with Crippen LogP contribution in [0.15, 0.2) is 0 Å². The molecule has 0 saturated heterocycles. The topological polar surface area (TPSA) is 32.4 Å². The van der Waals surface area contributed by atoms with Crippen LogP contribution in [0.4, 0.5) is 0 Å². The summed E-state index contributed by atoms with van der Waals surface area (Å²) < 4.78 is 5.07. The van der Waals surface area contributed by atoms with Crippen LogP contribution in [0.3, 0.4) is 0 Å². The van der Waals surface area contributed by atoms with Gasteiger partial charge >= 0.3 is 0 Å². The minimum absolute atomic E-state index is 0.194. The van der Waals surface area contributed by atoms with Gasteiger partial charge in [-0.1, -0.05) is 0 Å². The first-order chi connectivity index (χ1) is 4.22. The van der Waals surface area contributed by atoms with Crippen molar-refractivity contribution in [1.82, 2.24) is 4.90 Å². The molecule has 1 radical (unpaired) electrons. The number of nitrogens with zero attached hydrogens (tertiary/aromatic N) is 1. The standard InChI is InChI=1S/C6H14NO2/c1-4-9-6(5-8)7(2)3/h6H,4-5H2,1-3H3. The van der Waals surface area contributed by atoms with E-state index in [1.165, 1.54) is 0 Å². The Balaban J connectivity index is 3.41. The van der Waals surface area contributed by atoms with Gasteiger partial charge < -0.3 is 4.74 Å². The maximum Gasteiger partial charge on any atom is 0.136 e. The normalized spacial score (nSPS) is 14.3. The molecule has 0 aromatic heterocycles. The van der Waals surface area contributed by atoms with Crippen molar-refractivity contribution in [2.75, 3.05) is 27.3 Å². The molecule has 0 fully saturated rings. The molecule has 0 spiro atoms. The van der Waals surface area contributed by atoms with Crippen molar-refractivity contribution in [3.05, 3.63) is 0 Å². The second-order valence-corrected chi connectivity index (χ2v) is 2.04. The molecular formula is C6H14NO2. The zero-order valence-corrected chi connectivity index (χ0v) is 6.26. The molecule has 0 aromatic carbocycles. The molecule has 1 unspecified atom stereocenters. The summed E-state index contributed by atoms with van der Waals surface area (Å²) in [6.07, 6.45) is -0.255. The summed E-state index contributed by atoms with van der Waals surface area (Å²) in [5, 5.41) is 10.3. The smallest absolute Gasteiger partial charge is 0.136 e. The molecule has 0 aromatic rings. The number of rotatable bonds is 4. The Hall–Kier alpha value is -0.120. The van der Waals surface area contributed by atoms with Gasteiger partial charge in [-0.2, -0.15) is 0 Å². The quantitative estimate of drug-likeness (QED) is 0.517. The zero-order valence-electron chi connectivity index (χ0n) is 6.26. The van der Waals surface area contributed by atoms with Crippen molar-refractivity contribution in [1.29, 1.82) is 0 Å². The van der Waals surface area contributed by atoms with E-state index < -0.39 is 0 Å². The minimum atomic E-state index is -0.255. The molecule has 0 heterocycles. The molecule has 0 amide bonds. The first kappa shape index (κ1) is 8.88. The van der Waals surface area contributed by atoms with Gasteiger partial charge in [0.15, 0.2) is 0 Å². The maximum atomic E-state index is 10.3. The summed E-state index contributed by atoms with van der Waals surface area (Å²) in [5.41, 5.74) is 0. The maximum absolute atomic E-state index is 10.3. The summed E-state index contributed by atoms with van der Waals surface area (Å²) in [6, 6.07) is 0. The van der Waals surface area contributed by atoms with Gasteiger partial charge in [0.05, 0.1) is 0 Å². The van der Waals surface area contributed by atoms with Crippen LogP contribution in [0, 0.1) is 0 Å². The van der Waals surface area contributed by atoms with Crippen molar-refractivity contribution in [2.45, 2.75) is 13.2 Å². The Morgan fingerprint density at radius 3 is 2.22 bits per heavy atom. The van der Waals surface area contributed by atoms with Gasteiger partial charge in [0.1, 0.15) is 12.8 Å². The molecule has 3 heteroatoms. The van der Waals surface area contributed by atoms with Gasteiger partial charge in [0, 0.05) is 6.61 Å². The van der Waals surface area contributed by atoms with E-state index in [-0.39, 0.29) is 12.8 Å².